The van der Waals surface area contributed by atoms with Crippen molar-refractivity contribution in [3.63, 3.8) is 0 Å². The summed E-state index contributed by atoms with van der Waals surface area (Å²) < 4.78 is 53.0. The monoisotopic (exact) mass is 312 g/mol. The van der Waals surface area contributed by atoms with Crippen molar-refractivity contribution in [3.8, 4) is 0 Å². The molecule has 0 aromatic carbocycles. The number of hydrogen-bond donors (Lipinski definition) is 0. The fourth-order valence-electron chi connectivity index (χ4n) is 0.302. The van der Waals surface area contributed by atoms with Gasteiger partial charge in [-0.3, -0.25) is 0 Å². The van der Waals surface area contributed by atoms with Gasteiger partial charge in [-0.05, 0) is 6.92 Å². The molecule has 0 aromatic rings. The minimum absolute atomic E-state index is 0.0416. The zero-order valence-electron chi connectivity index (χ0n) is 8.31. The fourth-order valence-corrected chi connectivity index (χ4v) is 0.416. The SMILES string of the molecule is CCOC(=O)C(F)(F)Br.COC(=O)C(F)F. The zero-order valence-corrected chi connectivity index (χ0v) is 9.89. The molecule has 0 bridgehead atoms. The summed E-state index contributed by atoms with van der Waals surface area (Å²) in [6.07, 6.45) is -3.00. The lowest BCUT2D eigenvalue weighted by Gasteiger charge is -2.05. The van der Waals surface area contributed by atoms with Crippen LogP contribution in [0.1, 0.15) is 6.92 Å². The molecule has 96 valence electrons. The Labute approximate surface area is 97.0 Å². The molecule has 0 spiro atoms. The minimum Gasteiger partial charge on any atom is -0.465 e. The predicted molar refractivity (Wildman–Crippen MR) is 48.5 cm³/mol. The van der Waals surface area contributed by atoms with Crippen LogP contribution in [0.3, 0.4) is 0 Å². The number of carbonyl (C=O) groups excluding carboxylic acids is 2. The van der Waals surface area contributed by atoms with Gasteiger partial charge in [0.15, 0.2) is 0 Å². The van der Waals surface area contributed by atoms with Crippen molar-refractivity contribution in [3.05, 3.63) is 0 Å². The average molecular weight is 313 g/mol. The van der Waals surface area contributed by atoms with Crippen LogP contribution in [0.5, 0.6) is 0 Å². The number of methoxy groups -OCH3 is 1. The molecule has 9 heteroatoms. The van der Waals surface area contributed by atoms with Crippen LogP contribution < -0.4 is 0 Å². The van der Waals surface area contributed by atoms with Crippen molar-refractivity contribution in [2.75, 3.05) is 13.7 Å². The van der Waals surface area contributed by atoms with E-state index in [4.69, 9.17) is 0 Å². The first-order valence-electron chi connectivity index (χ1n) is 3.76. The molecule has 0 aromatic heterocycles. The van der Waals surface area contributed by atoms with Gasteiger partial charge < -0.3 is 9.47 Å². The second kappa shape index (κ2) is 8.31. The van der Waals surface area contributed by atoms with Crippen molar-refractivity contribution in [2.45, 2.75) is 18.2 Å². The second-order valence-electron chi connectivity index (χ2n) is 2.04. The van der Waals surface area contributed by atoms with Gasteiger partial charge in [-0.25, -0.2) is 9.59 Å². The van der Waals surface area contributed by atoms with E-state index >= 15 is 0 Å². The molecule has 0 fully saturated rings. The maximum Gasteiger partial charge on any atom is 0.395 e. The maximum absolute atomic E-state index is 11.7. The quantitative estimate of drug-likeness (QED) is 0.454. The summed E-state index contributed by atoms with van der Waals surface area (Å²) in [4.78, 5) is 16.0. The summed E-state index contributed by atoms with van der Waals surface area (Å²) in [5, 5.41) is 0. The Balaban J connectivity index is 0. The molecule has 4 nitrogen and oxygen atoms in total. The molecule has 0 aliphatic carbocycles. The molecular formula is C7H9BrF4O4. The Bertz CT molecular complexity index is 229. The van der Waals surface area contributed by atoms with Crippen molar-refractivity contribution >= 4 is 27.9 Å². The van der Waals surface area contributed by atoms with Gasteiger partial charge in [-0.1, -0.05) is 0 Å². The summed E-state index contributed by atoms with van der Waals surface area (Å²) in [6, 6.07) is 0. The summed E-state index contributed by atoms with van der Waals surface area (Å²) in [6.45, 7) is 1.41. The van der Waals surface area contributed by atoms with Gasteiger partial charge in [0.05, 0.1) is 13.7 Å². The van der Waals surface area contributed by atoms with Crippen LogP contribution in [0.2, 0.25) is 0 Å². The molecular weight excluding hydrogens is 304 g/mol. The minimum atomic E-state index is -3.54. The predicted octanol–water partition coefficient (Wildman–Crippen LogP) is 1.96. The highest BCUT2D eigenvalue weighted by molar-refractivity contribution is 9.10. The normalized spacial score (nSPS) is 10.2. The number of rotatable bonds is 3. The first kappa shape index (κ1) is 17.5. The third kappa shape index (κ3) is 9.69. The number of ether oxygens (including phenoxy) is 2. The Kier molecular flexibility index (Phi) is 9.11. The lowest BCUT2D eigenvalue weighted by Crippen LogP contribution is -2.23. The molecule has 0 unspecified atom stereocenters. The molecule has 0 N–H and O–H groups in total. The number of carbonyl (C=O) groups is 2. The van der Waals surface area contributed by atoms with Crippen LogP contribution in [0.25, 0.3) is 0 Å². The van der Waals surface area contributed by atoms with E-state index in [0.29, 0.717) is 0 Å². The fraction of sp³-hybridized carbons (Fsp3) is 0.714. The highest BCUT2D eigenvalue weighted by atomic mass is 79.9. The van der Waals surface area contributed by atoms with Gasteiger partial charge in [-0.2, -0.15) is 17.6 Å². The van der Waals surface area contributed by atoms with Gasteiger partial charge in [-0.15, -0.1) is 0 Å². The molecule has 0 heterocycles. The van der Waals surface area contributed by atoms with Gasteiger partial charge in [0.2, 0.25) is 0 Å². The first-order chi connectivity index (χ1) is 7.16. The van der Waals surface area contributed by atoms with E-state index < -0.39 is 23.2 Å². The van der Waals surface area contributed by atoms with Crippen molar-refractivity contribution in [1.29, 1.82) is 0 Å². The second-order valence-corrected chi connectivity index (χ2v) is 3.04. The number of esters is 2. The first-order valence-corrected chi connectivity index (χ1v) is 4.56. The van der Waals surface area contributed by atoms with Crippen LogP contribution >= 0.6 is 15.9 Å². The van der Waals surface area contributed by atoms with Crippen molar-refractivity contribution < 1.29 is 36.6 Å². The lowest BCUT2D eigenvalue weighted by molar-refractivity contribution is -0.158. The van der Waals surface area contributed by atoms with E-state index in [9.17, 15) is 27.2 Å². The lowest BCUT2D eigenvalue weighted by atomic mass is 10.7. The van der Waals surface area contributed by atoms with E-state index in [1.807, 2.05) is 15.9 Å². The smallest absolute Gasteiger partial charge is 0.395 e. The third-order valence-corrected chi connectivity index (χ3v) is 1.21. The van der Waals surface area contributed by atoms with Gasteiger partial charge >= 0.3 is 23.2 Å². The van der Waals surface area contributed by atoms with Crippen molar-refractivity contribution in [2.24, 2.45) is 0 Å². The standard InChI is InChI=1S/C4H5BrF2O2.C3H4F2O2/c1-2-9-3(8)4(5,6)7;1-7-3(6)2(4)5/h2H2,1H3;2H,1H3. The molecule has 0 saturated heterocycles. The molecule has 0 rings (SSSR count). The molecule has 16 heavy (non-hydrogen) atoms. The van der Waals surface area contributed by atoms with Crippen LogP contribution in [0.15, 0.2) is 0 Å². The van der Waals surface area contributed by atoms with Crippen LogP contribution in [0, 0.1) is 0 Å². The number of halogens is 5. The summed E-state index contributed by atoms with van der Waals surface area (Å²) in [5.74, 6) is -3.04. The zero-order chi connectivity index (χ0) is 13.4. The molecule has 0 aliphatic rings. The molecule has 0 radical (unpaired) electrons. The van der Waals surface area contributed by atoms with Gasteiger partial charge in [0.25, 0.3) is 0 Å². The van der Waals surface area contributed by atoms with E-state index in [0.717, 1.165) is 7.11 Å². The Morgan fingerprint density at radius 1 is 1.38 bits per heavy atom. The maximum atomic E-state index is 11.7. The van der Waals surface area contributed by atoms with E-state index in [1.165, 1.54) is 6.92 Å². The Hall–Kier alpha value is -0.860. The van der Waals surface area contributed by atoms with E-state index in [1.54, 1.807) is 0 Å². The van der Waals surface area contributed by atoms with Crippen LogP contribution in [-0.4, -0.2) is 36.9 Å². The molecule has 0 atom stereocenters. The molecule has 0 saturated carbocycles. The van der Waals surface area contributed by atoms with E-state index in [-0.39, 0.29) is 6.61 Å². The highest BCUT2D eigenvalue weighted by Gasteiger charge is 2.36. The van der Waals surface area contributed by atoms with Crippen molar-refractivity contribution in [1.82, 2.24) is 0 Å². The van der Waals surface area contributed by atoms with Gasteiger partial charge in [0.1, 0.15) is 0 Å². The van der Waals surface area contributed by atoms with E-state index in [2.05, 4.69) is 9.47 Å². The highest BCUT2D eigenvalue weighted by Crippen LogP contribution is 2.22. The Morgan fingerprint density at radius 2 is 1.81 bits per heavy atom. The van der Waals surface area contributed by atoms with Gasteiger partial charge in [0, 0.05) is 15.9 Å². The summed E-state index contributed by atoms with van der Waals surface area (Å²) in [5.41, 5.74) is 0. The summed E-state index contributed by atoms with van der Waals surface area (Å²) >= 11 is 1.84. The topological polar surface area (TPSA) is 52.6 Å². The third-order valence-electron chi connectivity index (χ3n) is 0.886. The largest absolute Gasteiger partial charge is 0.465 e. The summed E-state index contributed by atoms with van der Waals surface area (Å²) in [7, 11) is 0.911. The number of hydrogen-bond acceptors (Lipinski definition) is 4. The van der Waals surface area contributed by atoms with Crippen LogP contribution in [-0.2, 0) is 19.1 Å². The average Bonchev–Trinajstić information content (AvgIpc) is 2.16. The molecule has 0 aliphatic heterocycles. The van der Waals surface area contributed by atoms with Crippen LogP contribution in [0.4, 0.5) is 17.6 Å². The number of alkyl halides is 5. The Morgan fingerprint density at radius 3 is 1.88 bits per heavy atom. The molecule has 0 amide bonds.